The van der Waals surface area contributed by atoms with Crippen LogP contribution in [0, 0.1) is 5.92 Å². The maximum Gasteiger partial charge on any atom is 0.251 e. The van der Waals surface area contributed by atoms with Gasteiger partial charge in [-0.1, -0.05) is 25.6 Å². The number of nitrogens with zero attached hydrogens (tertiary/aromatic N) is 3. The number of thioether (sulfide) groups is 1. The largest absolute Gasteiger partial charge is 0.461 e. The lowest BCUT2D eigenvalue weighted by molar-refractivity contribution is -0.113. The number of hydrogen-bond acceptors (Lipinski definition) is 7. The highest BCUT2D eigenvalue weighted by Crippen LogP contribution is 2.39. The fourth-order valence-electron chi connectivity index (χ4n) is 3.56. The van der Waals surface area contributed by atoms with Crippen LogP contribution in [-0.2, 0) is 24.2 Å². The van der Waals surface area contributed by atoms with Crippen molar-refractivity contribution in [2.45, 2.75) is 44.8 Å². The normalized spacial score (nSPS) is 13.0. The zero-order valence-electron chi connectivity index (χ0n) is 16.8. The second-order valence-corrected chi connectivity index (χ2v) is 9.60. The van der Waals surface area contributed by atoms with Crippen molar-refractivity contribution in [1.29, 1.82) is 0 Å². The van der Waals surface area contributed by atoms with E-state index in [0.717, 1.165) is 29.7 Å². The Bertz CT molecular complexity index is 1070. The second kappa shape index (κ2) is 8.65. The summed E-state index contributed by atoms with van der Waals surface area (Å²) in [4.78, 5) is 25.7. The van der Waals surface area contributed by atoms with E-state index in [9.17, 15) is 9.59 Å². The molecule has 0 atom stereocenters. The Morgan fingerprint density at radius 1 is 1.37 bits per heavy atom. The Morgan fingerprint density at radius 3 is 2.90 bits per heavy atom. The second-order valence-electron chi connectivity index (χ2n) is 7.55. The molecule has 30 heavy (non-hydrogen) atoms. The smallest absolute Gasteiger partial charge is 0.251 e. The third-order valence-corrected chi connectivity index (χ3v) is 6.93. The van der Waals surface area contributed by atoms with Crippen molar-refractivity contribution in [1.82, 2.24) is 14.8 Å². The van der Waals surface area contributed by atoms with Crippen LogP contribution >= 0.6 is 23.1 Å². The van der Waals surface area contributed by atoms with Crippen LogP contribution in [-0.4, -0.2) is 32.3 Å². The first-order valence-corrected chi connectivity index (χ1v) is 11.6. The molecule has 0 saturated carbocycles. The number of thiophene rings is 1. The van der Waals surface area contributed by atoms with Gasteiger partial charge in [0.15, 0.2) is 16.7 Å². The molecule has 3 aromatic heterocycles. The van der Waals surface area contributed by atoms with Gasteiger partial charge >= 0.3 is 0 Å². The summed E-state index contributed by atoms with van der Waals surface area (Å²) in [5.41, 5.74) is 7.03. The fraction of sp³-hybridized carbons (Fsp3) is 0.400. The molecule has 0 saturated heterocycles. The summed E-state index contributed by atoms with van der Waals surface area (Å²) in [7, 11) is 0. The third-order valence-electron chi connectivity index (χ3n) is 4.76. The van der Waals surface area contributed by atoms with Gasteiger partial charge in [0, 0.05) is 11.4 Å². The van der Waals surface area contributed by atoms with Crippen molar-refractivity contribution in [3.63, 3.8) is 0 Å². The highest BCUT2D eigenvalue weighted by molar-refractivity contribution is 7.99. The number of anilines is 1. The molecule has 1 aliphatic rings. The lowest BCUT2D eigenvalue weighted by atomic mass is 10.1. The molecule has 0 fully saturated rings. The predicted molar refractivity (Wildman–Crippen MR) is 117 cm³/mol. The molecule has 3 aromatic rings. The van der Waals surface area contributed by atoms with E-state index in [4.69, 9.17) is 10.2 Å². The number of rotatable bonds is 8. The molecule has 3 N–H and O–H groups in total. The van der Waals surface area contributed by atoms with E-state index >= 15 is 0 Å². The average Bonchev–Trinajstić information content (AvgIpc) is 3.43. The van der Waals surface area contributed by atoms with Crippen molar-refractivity contribution in [2.24, 2.45) is 11.7 Å². The van der Waals surface area contributed by atoms with Gasteiger partial charge in [0.1, 0.15) is 5.00 Å². The summed E-state index contributed by atoms with van der Waals surface area (Å²) in [5.74, 6) is 1.10. The molecular formula is C20H23N5O3S2. The van der Waals surface area contributed by atoms with E-state index < -0.39 is 5.91 Å². The fourth-order valence-corrected chi connectivity index (χ4v) is 5.62. The number of furan rings is 1. The first-order chi connectivity index (χ1) is 14.4. The Hall–Kier alpha value is -2.59. The average molecular weight is 446 g/mol. The number of nitrogens with one attached hydrogen (secondary N) is 1. The van der Waals surface area contributed by atoms with E-state index in [1.165, 1.54) is 23.1 Å². The maximum atomic E-state index is 12.6. The van der Waals surface area contributed by atoms with E-state index in [1.807, 2.05) is 10.6 Å². The maximum absolute atomic E-state index is 12.6. The van der Waals surface area contributed by atoms with Crippen molar-refractivity contribution < 1.29 is 14.0 Å². The lowest BCUT2D eigenvalue weighted by Gasteiger charge is -2.11. The molecule has 0 aliphatic heterocycles. The molecule has 0 aromatic carbocycles. The quantitative estimate of drug-likeness (QED) is 0.512. The van der Waals surface area contributed by atoms with E-state index in [0.29, 0.717) is 39.8 Å². The number of aryl methyl sites for hydroxylation is 1. The van der Waals surface area contributed by atoms with Gasteiger partial charge in [-0.3, -0.25) is 14.2 Å². The molecule has 0 unspecified atom stereocenters. The van der Waals surface area contributed by atoms with Gasteiger partial charge in [0.25, 0.3) is 5.91 Å². The van der Waals surface area contributed by atoms with Crippen LogP contribution in [0.2, 0.25) is 0 Å². The van der Waals surface area contributed by atoms with Crippen molar-refractivity contribution >= 4 is 39.9 Å². The van der Waals surface area contributed by atoms with Gasteiger partial charge in [-0.15, -0.1) is 21.5 Å². The van der Waals surface area contributed by atoms with Crippen LogP contribution in [0.1, 0.15) is 41.1 Å². The molecule has 1 aliphatic carbocycles. The number of nitrogens with two attached hydrogens (primary N) is 1. The molecular weight excluding hydrogens is 422 g/mol. The summed E-state index contributed by atoms with van der Waals surface area (Å²) >= 11 is 2.76. The summed E-state index contributed by atoms with van der Waals surface area (Å²) in [6.07, 6.45) is 4.38. The summed E-state index contributed by atoms with van der Waals surface area (Å²) < 4.78 is 7.44. The van der Waals surface area contributed by atoms with Gasteiger partial charge in [0.05, 0.1) is 17.6 Å². The van der Waals surface area contributed by atoms with Crippen LogP contribution in [0.15, 0.2) is 28.0 Å². The third kappa shape index (κ3) is 4.15. The van der Waals surface area contributed by atoms with E-state index in [1.54, 1.807) is 12.3 Å². The standard InChI is InChI=1S/C20H23N5O3S2/c1-11(2)9-25-18(13-6-4-8-28-13)23-24-20(25)29-10-15(26)22-19-16(17(21)27)12-5-3-7-14(12)30-19/h4,6,8,11H,3,5,7,9-10H2,1-2H3,(H2,21,27)(H,22,26). The van der Waals surface area contributed by atoms with Crippen LogP contribution in [0.3, 0.4) is 0 Å². The van der Waals surface area contributed by atoms with Gasteiger partial charge in [0.2, 0.25) is 5.91 Å². The zero-order chi connectivity index (χ0) is 21.3. The van der Waals surface area contributed by atoms with Crippen molar-refractivity contribution in [2.75, 3.05) is 11.1 Å². The van der Waals surface area contributed by atoms with Crippen LogP contribution < -0.4 is 11.1 Å². The molecule has 10 heteroatoms. The summed E-state index contributed by atoms with van der Waals surface area (Å²) in [5, 5.41) is 12.6. The van der Waals surface area contributed by atoms with Crippen molar-refractivity contribution in [3.05, 3.63) is 34.4 Å². The first kappa shape index (κ1) is 20.7. The van der Waals surface area contributed by atoms with Crippen LogP contribution in [0.4, 0.5) is 5.00 Å². The molecule has 2 amide bonds. The van der Waals surface area contributed by atoms with Gasteiger partial charge < -0.3 is 15.5 Å². The van der Waals surface area contributed by atoms with E-state index in [-0.39, 0.29) is 11.7 Å². The number of carbonyl (C=O) groups is 2. The number of aromatic nitrogens is 3. The highest BCUT2D eigenvalue weighted by atomic mass is 32.2. The summed E-state index contributed by atoms with van der Waals surface area (Å²) in [6.45, 7) is 4.92. The topological polar surface area (TPSA) is 116 Å². The Morgan fingerprint density at radius 2 is 2.20 bits per heavy atom. The Balaban J connectivity index is 1.48. The van der Waals surface area contributed by atoms with Crippen LogP contribution in [0.25, 0.3) is 11.6 Å². The molecule has 0 spiro atoms. The highest BCUT2D eigenvalue weighted by Gasteiger charge is 2.26. The number of hydrogen-bond donors (Lipinski definition) is 2. The van der Waals surface area contributed by atoms with Crippen LogP contribution in [0.5, 0.6) is 0 Å². The number of carbonyl (C=O) groups excluding carboxylic acids is 2. The lowest BCUT2D eigenvalue weighted by Crippen LogP contribution is -2.19. The molecule has 3 heterocycles. The molecule has 158 valence electrons. The minimum atomic E-state index is -0.489. The molecule has 0 radical (unpaired) electrons. The zero-order valence-corrected chi connectivity index (χ0v) is 18.4. The SMILES string of the molecule is CC(C)Cn1c(SCC(=O)Nc2sc3c(c2C(N)=O)CCC3)nnc1-c1ccco1. The number of primary amides is 1. The minimum absolute atomic E-state index is 0.148. The Labute approximate surface area is 182 Å². The van der Waals surface area contributed by atoms with E-state index in [2.05, 4.69) is 29.4 Å². The monoisotopic (exact) mass is 445 g/mol. The number of fused-ring (bicyclic) bond motifs is 1. The summed E-state index contributed by atoms with van der Waals surface area (Å²) in [6, 6.07) is 3.64. The molecule has 4 rings (SSSR count). The molecule has 8 nitrogen and oxygen atoms in total. The predicted octanol–water partition coefficient (Wildman–Crippen LogP) is 3.57. The number of amides is 2. The minimum Gasteiger partial charge on any atom is -0.461 e. The van der Waals surface area contributed by atoms with Gasteiger partial charge in [-0.25, -0.2) is 0 Å². The Kier molecular flexibility index (Phi) is 5.96. The first-order valence-electron chi connectivity index (χ1n) is 9.78. The van der Waals surface area contributed by atoms with Crippen molar-refractivity contribution in [3.8, 4) is 11.6 Å². The molecule has 0 bridgehead atoms. The van der Waals surface area contributed by atoms with Gasteiger partial charge in [-0.05, 0) is 42.9 Å². The van der Waals surface area contributed by atoms with Gasteiger partial charge in [-0.2, -0.15) is 0 Å².